The predicted molar refractivity (Wildman–Crippen MR) is 89.9 cm³/mol. The van der Waals surface area contributed by atoms with Crippen LogP contribution < -0.4 is 10.2 Å². The molecule has 0 radical (unpaired) electrons. The van der Waals surface area contributed by atoms with Crippen LogP contribution in [0.15, 0.2) is 48.7 Å². The van der Waals surface area contributed by atoms with Gasteiger partial charge in [0.25, 0.3) is 0 Å². The van der Waals surface area contributed by atoms with Gasteiger partial charge in [-0.3, -0.25) is 4.79 Å². The minimum Gasteiger partial charge on any atom is -0.362 e. The Morgan fingerprint density at radius 2 is 1.82 bits per heavy atom. The first kappa shape index (κ1) is 16.0. The number of anilines is 1. The lowest BCUT2D eigenvalue weighted by Gasteiger charge is -2.25. The minimum atomic E-state index is -0.568. The quantitative estimate of drug-likeness (QED) is 0.923. The van der Waals surface area contributed by atoms with Gasteiger partial charge >= 0.3 is 0 Å². The van der Waals surface area contributed by atoms with Gasteiger partial charge in [0, 0.05) is 32.4 Å². The van der Waals surface area contributed by atoms with E-state index in [-0.39, 0.29) is 5.91 Å². The standard InChI is InChI=1S/C18H23N3O/c1-18(2,15-10-6-5-7-11-15)17(22)20-13-14-9-8-12-19-16(14)21(3)4/h5-12H,13H2,1-4H3,(H,20,22). The summed E-state index contributed by atoms with van der Waals surface area (Å²) in [5, 5.41) is 3.03. The largest absolute Gasteiger partial charge is 0.362 e. The van der Waals surface area contributed by atoms with Gasteiger partial charge in [0.1, 0.15) is 5.82 Å². The third-order valence-corrected chi connectivity index (χ3v) is 3.79. The van der Waals surface area contributed by atoms with Crippen molar-refractivity contribution in [2.75, 3.05) is 19.0 Å². The van der Waals surface area contributed by atoms with E-state index in [9.17, 15) is 4.79 Å². The Bertz CT molecular complexity index is 636. The van der Waals surface area contributed by atoms with E-state index in [1.165, 1.54) is 0 Å². The van der Waals surface area contributed by atoms with Gasteiger partial charge in [-0.2, -0.15) is 0 Å². The number of carbonyl (C=O) groups is 1. The van der Waals surface area contributed by atoms with E-state index in [1.54, 1.807) is 6.20 Å². The van der Waals surface area contributed by atoms with Gasteiger partial charge in [-0.05, 0) is 25.5 Å². The van der Waals surface area contributed by atoms with Crippen LogP contribution in [0.1, 0.15) is 25.0 Å². The number of rotatable bonds is 5. The minimum absolute atomic E-state index is 0.00672. The summed E-state index contributed by atoms with van der Waals surface area (Å²) in [5.74, 6) is 0.882. The molecule has 4 heteroatoms. The Labute approximate surface area is 132 Å². The Balaban J connectivity index is 2.10. The molecule has 4 nitrogen and oxygen atoms in total. The fourth-order valence-electron chi connectivity index (χ4n) is 2.35. The molecule has 0 saturated heterocycles. The number of carbonyl (C=O) groups excluding carboxylic acids is 1. The third kappa shape index (κ3) is 3.45. The van der Waals surface area contributed by atoms with E-state index in [1.807, 2.05) is 75.3 Å². The second-order valence-corrected chi connectivity index (χ2v) is 6.05. The third-order valence-electron chi connectivity index (χ3n) is 3.79. The smallest absolute Gasteiger partial charge is 0.230 e. The first-order valence-electron chi connectivity index (χ1n) is 7.38. The van der Waals surface area contributed by atoms with Crippen LogP contribution in [0.4, 0.5) is 5.82 Å². The van der Waals surface area contributed by atoms with Crippen molar-refractivity contribution in [2.45, 2.75) is 25.8 Å². The topological polar surface area (TPSA) is 45.2 Å². The first-order chi connectivity index (χ1) is 10.4. The second-order valence-electron chi connectivity index (χ2n) is 6.05. The molecule has 0 aliphatic carbocycles. The second kappa shape index (κ2) is 6.60. The van der Waals surface area contributed by atoms with Gasteiger partial charge in [0.15, 0.2) is 0 Å². The molecule has 0 aliphatic rings. The summed E-state index contributed by atoms with van der Waals surface area (Å²) in [7, 11) is 3.89. The molecule has 0 aliphatic heterocycles. The van der Waals surface area contributed by atoms with Crippen LogP contribution in [0.2, 0.25) is 0 Å². The fraction of sp³-hybridized carbons (Fsp3) is 0.333. The SMILES string of the molecule is CN(C)c1ncccc1CNC(=O)C(C)(C)c1ccccc1. The number of amides is 1. The summed E-state index contributed by atoms with van der Waals surface area (Å²) in [4.78, 5) is 18.9. The van der Waals surface area contributed by atoms with Crippen molar-refractivity contribution >= 4 is 11.7 Å². The van der Waals surface area contributed by atoms with Crippen LogP contribution in [0.25, 0.3) is 0 Å². The van der Waals surface area contributed by atoms with Crippen molar-refractivity contribution in [1.29, 1.82) is 0 Å². The summed E-state index contributed by atoms with van der Waals surface area (Å²) < 4.78 is 0. The molecule has 0 saturated carbocycles. The fourth-order valence-corrected chi connectivity index (χ4v) is 2.35. The van der Waals surface area contributed by atoms with Gasteiger partial charge in [0.05, 0.1) is 5.41 Å². The summed E-state index contributed by atoms with van der Waals surface area (Å²) in [5.41, 5.74) is 1.44. The molecular formula is C18H23N3O. The van der Waals surface area contributed by atoms with Gasteiger partial charge in [0.2, 0.25) is 5.91 Å². The Morgan fingerprint density at radius 1 is 1.14 bits per heavy atom. The van der Waals surface area contributed by atoms with Crippen LogP contribution >= 0.6 is 0 Å². The van der Waals surface area contributed by atoms with Crippen molar-refractivity contribution < 1.29 is 4.79 Å². The number of hydrogen-bond acceptors (Lipinski definition) is 3. The van der Waals surface area contributed by atoms with Gasteiger partial charge in [-0.15, -0.1) is 0 Å². The lowest BCUT2D eigenvalue weighted by atomic mass is 9.84. The molecule has 1 heterocycles. The molecule has 2 aromatic rings. The van der Waals surface area contributed by atoms with Gasteiger partial charge in [-0.25, -0.2) is 4.98 Å². The lowest BCUT2D eigenvalue weighted by molar-refractivity contribution is -0.125. The van der Waals surface area contributed by atoms with Crippen molar-refractivity contribution in [3.05, 3.63) is 59.8 Å². The van der Waals surface area contributed by atoms with Crippen molar-refractivity contribution in [1.82, 2.24) is 10.3 Å². The van der Waals surface area contributed by atoms with E-state index in [2.05, 4.69) is 10.3 Å². The number of aromatic nitrogens is 1. The predicted octanol–water partition coefficient (Wildman–Crippen LogP) is 2.74. The first-order valence-corrected chi connectivity index (χ1v) is 7.38. The van der Waals surface area contributed by atoms with Crippen LogP contribution in [-0.4, -0.2) is 25.0 Å². The molecule has 0 fully saturated rings. The zero-order valence-corrected chi connectivity index (χ0v) is 13.6. The number of benzene rings is 1. The molecule has 1 amide bonds. The van der Waals surface area contributed by atoms with E-state index in [0.29, 0.717) is 6.54 Å². The maximum Gasteiger partial charge on any atom is 0.230 e. The van der Waals surface area contributed by atoms with E-state index < -0.39 is 5.41 Å². The van der Waals surface area contributed by atoms with Crippen molar-refractivity contribution in [3.8, 4) is 0 Å². The zero-order valence-electron chi connectivity index (χ0n) is 13.6. The highest BCUT2D eigenvalue weighted by Gasteiger charge is 2.29. The van der Waals surface area contributed by atoms with Crippen molar-refractivity contribution in [3.63, 3.8) is 0 Å². The summed E-state index contributed by atoms with van der Waals surface area (Å²) >= 11 is 0. The molecule has 0 atom stereocenters. The average Bonchev–Trinajstić information content (AvgIpc) is 2.53. The highest BCUT2D eigenvalue weighted by molar-refractivity contribution is 5.87. The monoisotopic (exact) mass is 297 g/mol. The zero-order chi connectivity index (χ0) is 16.2. The van der Waals surface area contributed by atoms with E-state index in [4.69, 9.17) is 0 Å². The lowest BCUT2D eigenvalue weighted by Crippen LogP contribution is -2.39. The van der Waals surface area contributed by atoms with Gasteiger partial charge < -0.3 is 10.2 Å². The number of nitrogens with zero attached hydrogens (tertiary/aromatic N) is 2. The summed E-state index contributed by atoms with van der Waals surface area (Å²) in [6.07, 6.45) is 1.76. The Morgan fingerprint density at radius 3 is 2.45 bits per heavy atom. The molecule has 0 bridgehead atoms. The maximum atomic E-state index is 12.6. The van der Waals surface area contributed by atoms with E-state index in [0.717, 1.165) is 16.9 Å². The molecule has 22 heavy (non-hydrogen) atoms. The summed E-state index contributed by atoms with van der Waals surface area (Å²) in [6, 6.07) is 13.7. The van der Waals surface area contributed by atoms with Crippen LogP contribution in [-0.2, 0) is 16.8 Å². The van der Waals surface area contributed by atoms with Crippen LogP contribution in [0.5, 0.6) is 0 Å². The number of nitrogens with one attached hydrogen (secondary N) is 1. The number of hydrogen-bond donors (Lipinski definition) is 1. The molecule has 1 aromatic heterocycles. The molecule has 0 spiro atoms. The average molecular weight is 297 g/mol. The Kier molecular flexibility index (Phi) is 4.81. The molecule has 1 aromatic carbocycles. The Hall–Kier alpha value is -2.36. The van der Waals surface area contributed by atoms with Crippen LogP contribution in [0.3, 0.4) is 0 Å². The number of pyridine rings is 1. The molecule has 116 valence electrons. The van der Waals surface area contributed by atoms with E-state index >= 15 is 0 Å². The highest BCUT2D eigenvalue weighted by atomic mass is 16.2. The highest BCUT2D eigenvalue weighted by Crippen LogP contribution is 2.23. The maximum absolute atomic E-state index is 12.6. The molecule has 0 unspecified atom stereocenters. The van der Waals surface area contributed by atoms with Gasteiger partial charge in [-0.1, -0.05) is 36.4 Å². The van der Waals surface area contributed by atoms with Crippen LogP contribution in [0, 0.1) is 0 Å². The van der Waals surface area contributed by atoms with Crippen molar-refractivity contribution in [2.24, 2.45) is 0 Å². The molecule has 2 rings (SSSR count). The molecular weight excluding hydrogens is 274 g/mol. The normalized spacial score (nSPS) is 11.1. The summed E-state index contributed by atoms with van der Waals surface area (Å²) in [6.45, 7) is 4.35. The molecule has 1 N–H and O–H groups in total.